The lowest BCUT2D eigenvalue weighted by Gasteiger charge is -2.12. The Kier molecular flexibility index (Phi) is 8.26. The van der Waals surface area contributed by atoms with Gasteiger partial charge in [-0.2, -0.15) is 0 Å². The van der Waals surface area contributed by atoms with Crippen LogP contribution >= 0.6 is 11.6 Å². The third-order valence-electron chi connectivity index (χ3n) is 3.20. The number of hydrogen-bond donors (Lipinski definition) is 3. The summed E-state index contributed by atoms with van der Waals surface area (Å²) >= 11 is 5.96. The molecule has 0 aliphatic rings. The molecular weight excluding hydrogens is 330 g/mol. The van der Waals surface area contributed by atoms with Crippen LogP contribution in [0.15, 0.2) is 48.5 Å². The SMILES string of the molecule is CC(C)[NH2+]C[C@@H](O)c1ccccc1Cl.O=C(O)c1ccc([O-])cc1. The van der Waals surface area contributed by atoms with Gasteiger partial charge < -0.3 is 20.6 Å². The summed E-state index contributed by atoms with van der Waals surface area (Å²) in [4.78, 5) is 10.2. The third-order valence-corrected chi connectivity index (χ3v) is 3.54. The first kappa shape index (κ1) is 20.0. The van der Waals surface area contributed by atoms with E-state index < -0.39 is 12.1 Å². The van der Waals surface area contributed by atoms with E-state index in [1.165, 1.54) is 24.3 Å². The zero-order chi connectivity index (χ0) is 18.1. The van der Waals surface area contributed by atoms with Gasteiger partial charge in [0.05, 0.1) is 11.6 Å². The number of carboxylic acids is 1. The Hall–Kier alpha value is -2.08. The van der Waals surface area contributed by atoms with Gasteiger partial charge in [-0.25, -0.2) is 4.79 Å². The van der Waals surface area contributed by atoms with Gasteiger partial charge in [-0.1, -0.05) is 41.9 Å². The molecule has 0 heterocycles. The molecule has 0 aliphatic heterocycles. The number of hydrogen-bond acceptors (Lipinski definition) is 3. The summed E-state index contributed by atoms with van der Waals surface area (Å²) in [5, 5.41) is 31.4. The lowest BCUT2D eigenvalue weighted by atomic mass is 10.1. The number of carbonyl (C=O) groups is 1. The summed E-state index contributed by atoms with van der Waals surface area (Å²) in [5.74, 6) is -1.19. The van der Waals surface area contributed by atoms with Crippen molar-refractivity contribution in [1.29, 1.82) is 0 Å². The smallest absolute Gasteiger partial charge is 0.335 e. The molecule has 0 bridgehead atoms. The van der Waals surface area contributed by atoms with Crippen LogP contribution in [0.5, 0.6) is 5.75 Å². The molecule has 0 amide bonds. The Balaban J connectivity index is 0.000000254. The van der Waals surface area contributed by atoms with Gasteiger partial charge in [-0.15, -0.1) is 5.75 Å². The molecule has 0 aromatic heterocycles. The first-order valence-corrected chi connectivity index (χ1v) is 7.95. The molecule has 130 valence electrons. The van der Waals surface area contributed by atoms with E-state index in [9.17, 15) is 15.0 Å². The van der Waals surface area contributed by atoms with Crippen LogP contribution < -0.4 is 10.4 Å². The van der Waals surface area contributed by atoms with Gasteiger partial charge in [0.15, 0.2) is 0 Å². The van der Waals surface area contributed by atoms with Crippen molar-refractivity contribution in [1.82, 2.24) is 0 Å². The number of aromatic carboxylic acids is 1. The highest BCUT2D eigenvalue weighted by Gasteiger charge is 2.12. The number of carboxylic acid groups (broad SMARTS) is 1. The molecule has 0 saturated carbocycles. The number of benzene rings is 2. The van der Waals surface area contributed by atoms with Crippen molar-refractivity contribution in [2.24, 2.45) is 0 Å². The molecule has 0 unspecified atom stereocenters. The van der Waals surface area contributed by atoms with Crippen molar-refractivity contribution >= 4 is 17.6 Å². The molecule has 1 atom stereocenters. The summed E-state index contributed by atoms with van der Waals surface area (Å²) in [6, 6.07) is 12.9. The van der Waals surface area contributed by atoms with Crippen molar-refractivity contribution in [2.45, 2.75) is 26.0 Å². The van der Waals surface area contributed by atoms with E-state index in [0.29, 0.717) is 17.6 Å². The van der Waals surface area contributed by atoms with Gasteiger partial charge in [0, 0.05) is 10.6 Å². The maximum absolute atomic E-state index is 10.5. The number of aliphatic hydroxyl groups is 1. The Morgan fingerprint density at radius 2 is 1.75 bits per heavy atom. The zero-order valence-electron chi connectivity index (χ0n) is 13.6. The van der Waals surface area contributed by atoms with Crippen molar-refractivity contribution in [3.05, 3.63) is 64.7 Å². The van der Waals surface area contributed by atoms with Crippen molar-refractivity contribution in [3.8, 4) is 5.75 Å². The summed E-state index contributed by atoms with van der Waals surface area (Å²) in [6.07, 6.45) is -0.480. The largest absolute Gasteiger partial charge is 0.872 e. The maximum Gasteiger partial charge on any atom is 0.335 e. The minimum absolute atomic E-state index is 0.139. The van der Waals surface area contributed by atoms with E-state index in [0.717, 1.165) is 5.56 Å². The van der Waals surface area contributed by atoms with E-state index in [-0.39, 0.29) is 11.3 Å². The zero-order valence-corrected chi connectivity index (χ0v) is 14.4. The van der Waals surface area contributed by atoms with Gasteiger partial charge in [0.2, 0.25) is 0 Å². The fraction of sp³-hybridized carbons (Fsp3) is 0.278. The molecular formula is C18H22ClNO4. The topological polar surface area (TPSA) is 97.2 Å². The molecule has 2 rings (SSSR count). The van der Waals surface area contributed by atoms with E-state index in [1.54, 1.807) is 6.07 Å². The van der Waals surface area contributed by atoms with Crippen LogP contribution in [0.1, 0.15) is 35.9 Å². The van der Waals surface area contributed by atoms with E-state index in [1.807, 2.05) is 18.2 Å². The van der Waals surface area contributed by atoms with Crippen LogP contribution in [0.4, 0.5) is 0 Å². The van der Waals surface area contributed by atoms with Gasteiger partial charge in [-0.3, -0.25) is 0 Å². The number of nitrogens with two attached hydrogens (primary N) is 1. The number of aliphatic hydroxyl groups excluding tert-OH is 1. The first-order valence-electron chi connectivity index (χ1n) is 7.57. The monoisotopic (exact) mass is 351 g/mol. The van der Waals surface area contributed by atoms with Crippen LogP contribution in [0.3, 0.4) is 0 Å². The molecule has 0 radical (unpaired) electrons. The lowest BCUT2D eigenvalue weighted by molar-refractivity contribution is -0.689. The highest BCUT2D eigenvalue weighted by atomic mass is 35.5. The van der Waals surface area contributed by atoms with Crippen LogP contribution in [0.25, 0.3) is 0 Å². The second kappa shape index (κ2) is 9.93. The average molecular weight is 352 g/mol. The molecule has 0 aliphatic carbocycles. The summed E-state index contributed by atoms with van der Waals surface area (Å²) in [5.41, 5.74) is 0.950. The molecule has 6 heteroatoms. The predicted molar refractivity (Wildman–Crippen MR) is 91.2 cm³/mol. The summed E-state index contributed by atoms with van der Waals surface area (Å²) < 4.78 is 0. The quantitative estimate of drug-likeness (QED) is 0.765. The fourth-order valence-corrected chi connectivity index (χ4v) is 2.13. The minimum Gasteiger partial charge on any atom is -0.872 e. The second-order valence-electron chi connectivity index (χ2n) is 5.58. The van der Waals surface area contributed by atoms with Crippen LogP contribution in [-0.2, 0) is 0 Å². The molecule has 2 aromatic carbocycles. The second-order valence-corrected chi connectivity index (χ2v) is 5.99. The molecule has 5 nitrogen and oxygen atoms in total. The lowest BCUT2D eigenvalue weighted by Crippen LogP contribution is -2.89. The Labute approximate surface area is 146 Å². The van der Waals surface area contributed by atoms with Crippen LogP contribution in [0, 0.1) is 0 Å². The third kappa shape index (κ3) is 7.00. The Morgan fingerprint density at radius 3 is 2.25 bits per heavy atom. The molecule has 2 aromatic rings. The average Bonchev–Trinajstić information content (AvgIpc) is 2.54. The normalized spacial score (nSPS) is 11.5. The van der Waals surface area contributed by atoms with Gasteiger partial charge in [-0.05, 0) is 32.0 Å². The predicted octanol–water partition coefficient (Wildman–Crippen LogP) is 1.80. The number of quaternary nitrogens is 1. The number of rotatable bonds is 5. The van der Waals surface area contributed by atoms with E-state index in [2.05, 4.69) is 19.2 Å². The standard InChI is InChI=1S/C11H16ClNO.C7H6O3/c1-8(2)13-7-11(14)9-5-3-4-6-10(9)12;8-6-3-1-5(2-4-6)7(9)10/h3-6,8,11,13-14H,7H2,1-2H3;1-4,8H,(H,9,10)/t11-;/m1./s1. The van der Waals surface area contributed by atoms with Crippen molar-refractivity contribution in [3.63, 3.8) is 0 Å². The maximum atomic E-state index is 10.5. The fourth-order valence-electron chi connectivity index (χ4n) is 1.87. The Bertz CT molecular complexity index is 644. The molecule has 0 saturated heterocycles. The van der Waals surface area contributed by atoms with Gasteiger partial charge >= 0.3 is 5.97 Å². The molecule has 0 fully saturated rings. The summed E-state index contributed by atoms with van der Waals surface area (Å²) in [6.45, 7) is 4.85. The highest BCUT2D eigenvalue weighted by molar-refractivity contribution is 6.31. The van der Waals surface area contributed by atoms with Crippen LogP contribution in [-0.4, -0.2) is 28.8 Å². The number of halogens is 1. The highest BCUT2D eigenvalue weighted by Crippen LogP contribution is 2.21. The van der Waals surface area contributed by atoms with E-state index >= 15 is 0 Å². The minimum atomic E-state index is -1.01. The van der Waals surface area contributed by atoms with Gasteiger partial charge in [0.1, 0.15) is 12.6 Å². The summed E-state index contributed by atoms with van der Waals surface area (Å²) in [7, 11) is 0. The molecule has 0 spiro atoms. The van der Waals surface area contributed by atoms with Gasteiger partial charge in [0.25, 0.3) is 0 Å². The Morgan fingerprint density at radius 1 is 1.17 bits per heavy atom. The van der Waals surface area contributed by atoms with Crippen LogP contribution in [0.2, 0.25) is 5.02 Å². The van der Waals surface area contributed by atoms with Crippen molar-refractivity contribution in [2.75, 3.05) is 6.54 Å². The first-order chi connectivity index (χ1) is 11.3. The molecule has 24 heavy (non-hydrogen) atoms. The van der Waals surface area contributed by atoms with Crippen molar-refractivity contribution < 1.29 is 25.4 Å². The van der Waals surface area contributed by atoms with E-state index in [4.69, 9.17) is 16.7 Å². The molecule has 4 N–H and O–H groups in total.